The van der Waals surface area contributed by atoms with Gasteiger partial charge in [-0.2, -0.15) is 0 Å². The number of carbonyl (C=O) groups is 10. The second-order valence-corrected chi connectivity index (χ2v) is 33.1. The van der Waals surface area contributed by atoms with Crippen molar-refractivity contribution in [2.75, 3.05) is 92.3 Å². The van der Waals surface area contributed by atoms with Gasteiger partial charge in [0.15, 0.2) is 5.76 Å². The summed E-state index contributed by atoms with van der Waals surface area (Å²) in [5, 5.41) is 20.9. The quantitative estimate of drug-likeness (QED) is 0.0207. The summed E-state index contributed by atoms with van der Waals surface area (Å²) in [6, 6.07) is 39.7. The largest absolute Gasteiger partial charge is 0.497 e. The number of ether oxygens (including phenoxy) is 2. The van der Waals surface area contributed by atoms with Gasteiger partial charge in [-0.25, -0.2) is 17.6 Å². The molecule has 1 fully saturated rings. The maximum Gasteiger partial charge on any atom is 0.286 e. The van der Waals surface area contributed by atoms with Crippen molar-refractivity contribution in [3.63, 3.8) is 0 Å². The van der Waals surface area contributed by atoms with Crippen LogP contribution in [0.4, 0.5) is 40.3 Å². The molecule has 124 heavy (non-hydrogen) atoms. The van der Waals surface area contributed by atoms with E-state index in [0.29, 0.717) is 119 Å². The number of benzene rings is 5. The molecule has 5 aliphatic heterocycles. The summed E-state index contributed by atoms with van der Waals surface area (Å²) in [5.41, 5.74) is 13.2. The van der Waals surface area contributed by atoms with Crippen LogP contribution in [0.3, 0.4) is 0 Å². The Labute approximate surface area is 726 Å². The fraction of sp³-hybridized carbons (Fsp3) is 0.398. The number of anilines is 4. The molecule has 15 rings (SSSR count). The first kappa shape index (κ1) is 92.8. The molecule has 4 aromatic heterocycles. The van der Waals surface area contributed by atoms with Crippen LogP contribution in [0.1, 0.15) is 188 Å². The first-order valence-corrected chi connectivity index (χ1v) is 43.7. The van der Waals surface area contributed by atoms with Crippen molar-refractivity contribution < 1.29 is 83.8 Å². The molecule has 1 unspecified atom stereocenters. The van der Waals surface area contributed by atoms with Gasteiger partial charge in [-0.1, -0.05) is 54.6 Å². The van der Waals surface area contributed by atoms with E-state index in [0.717, 1.165) is 102 Å². The molecule has 5 aromatic carbocycles. The molecule has 10 amide bonds. The number of carbonyl (C=O) groups excluding carboxylic acids is 10. The number of thiophene rings is 2. The second kappa shape index (κ2) is 45.4. The standard InChI is InChI=1S/C21H25N3O3S.C19H22N2O3S.C18H18F2N2O3.C18H24N2O3.C17H18F2N2O2/c1-15(25)23-17(19-9-5-13-28-19)14-20(26)22-11-10-21(27)24-12-4-7-16-6-2-3-8-18(16)24;1-13(22)20-16(18-6-4-10-25-18)12-19(23)21-9-3-5-14-11-15(24-2)7-8-17(14)21;19-12-10-14(20)13-4-2-8-22(15(13)11-12)17(23)6-1-7-21-18(24)16-5-3-9-25-16;19-17(22)18(8-10-23-11-9-18)12-20-16(21)15-7-3-5-13-4-1-2-6-14(13)15;1-11(16-5-3-7-23-16)20-17(22)10-21-6-2-4-13-14(19)8-12(18)9-15(13)21/h2-3,5-6,8-9,13,17H,4,7,10-12,14H2,1H3,(H,22,26)(H,23,25);4,6-8,10-11,16H,3,5,9,12H2,1-2H3,(H,20,22);3,5,9-11H,1-2,4,6-8H2,(H,21,24);1-2,4,6,15H,3,5,7-12H2,(H2,19,22)(H,20,21);3,5,7-9,11H,2,4,6,10H2,1H3,(H,20,22)/t17-;16-;;;11-/m00..1/s1. The SMILES string of the molecule is CC(=O)N[C@@H](CC(=O)NCCC(=O)N1CCCc2ccccc21)c1cccs1.COc1ccc2c(c1)CCCN2C(=O)C[C@H](NC(C)=O)c1cccs1.C[C@@H](NC(=O)CN1CCCc2c(F)cc(F)cc21)c1ccco1.NC(=O)C1(CNC(=O)C2CCCc3ccccc32)CCOCC1.O=C(NCCCC(=O)N1CCCc2c(F)cc(F)cc21)c1ccco1. The molecule has 9 heterocycles. The lowest BCUT2D eigenvalue weighted by Crippen LogP contribution is -2.50. The minimum Gasteiger partial charge on any atom is -0.497 e. The number of hydrogen-bond donors (Lipinski definition) is 7. The number of methoxy groups -OCH3 is 1. The van der Waals surface area contributed by atoms with Crippen molar-refractivity contribution in [3.05, 3.63) is 241 Å². The molecule has 0 spiro atoms. The second-order valence-electron chi connectivity index (χ2n) is 31.2. The number of furan rings is 2. The van der Waals surface area contributed by atoms with Gasteiger partial charge in [0.25, 0.3) is 5.91 Å². The van der Waals surface area contributed by atoms with E-state index >= 15 is 0 Å². The van der Waals surface area contributed by atoms with Crippen molar-refractivity contribution in [3.8, 4) is 5.75 Å². The van der Waals surface area contributed by atoms with E-state index in [1.165, 1.54) is 59.6 Å². The fourth-order valence-corrected chi connectivity index (χ4v) is 17.8. The van der Waals surface area contributed by atoms with Crippen LogP contribution in [-0.4, -0.2) is 132 Å². The van der Waals surface area contributed by atoms with E-state index in [1.807, 2.05) is 106 Å². The van der Waals surface area contributed by atoms with Gasteiger partial charge in [-0.15, -0.1) is 22.7 Å². The van der Waals surface area contributed by atoms with Gasteiger partial charge in [0, 0.05) is 136 Å². The lowest BCUT2D eigenvalue weighted by atomic mass is 9.78. The first-order chi connectivity index (χ1) is 59.8. The summed E-state index contributed by atoms with van der Waals surface area (Å²) in [5.74, 6) is -2.47. The summed E-state index contributed by atoms with van der Waals surface area (Å²) in [6.07, 6.45) is 14.5. The van der Waals surface area contributed by atoms with Crippen molar-refractivity contribution in [2.45, 2.75) is 160 Å². The van der Waals surface area contributed by atoms with Crippen LogP contribution in [-0.2, 0) is 80.0 Å². The van der Waals surface area contributed by atoms with E-state index in [-0.39, 0.29) is 128 Å². The van der Waals surface area contributed by atoms with Crippen LogP contribution in [0.5, 0.6) is 5.75 Å². The molecule has 0 bridgehead atoms. The highest BCUT2D eigenvalue weighted by atomic mass is 32.1. The monoisotopic (exact) mass is 1740 g/mol. The number of fused-ring (bicyclic) bond motifs is 5. The Morgan fingerprint density at radius 3 is 1.77 bits per heavy atom. The smallest absolute Gasteiger partial charge is 0.286 e. The maximum atomic E-state index is 13.9. The lowest BCUT2D eigenvalue weighted by Gasteiger charge is -2.35. The van der Waals surface area contributed by atoms with E-state index < -0.39 is 28.7 Å². The molecular weight excluding hydrogens is 1640 g/mol. The van der Waals surface area contributed by atoms with Crippen LogP contribution in [0, 0.1) is 28.7 Å². The molecule has 25 nitrogen and oxygen atoms in total. The fourth-order valence-electron chi connectivity index (χ4n) is 16.2. The molecule has 4 atom stereocenters. The highest BCUT2D eigenvalue weighted by Crippen LogP contribution is 2.38. The number of halogens is 4. The number of nitrogens with one attached hydrogen (secondary N) is 6. The topological polar surface area (TPSA) is 327 Å². The third-order valence-corrected chi connectivity index (χ3v) is 24.5. The molecule has 0 radical (unpaired) electrons. The van der Waals surface area contributed by atoms with Crippen LogP contribution in [0.25, 0.3) is 0 Å². The van der Waals surface area contributed by atoms with Gasteiger partial charge in [-0.05, 0) is 203 Å². The van der Waals surface area contributed by atoms with Crippen molar-refractivity contribution >= 4 is 104 Å². The molecule has 1 aliphatic carbocycles. The average Bonchev–Trinajstić information content (AvgIpc) is 0.956. The number of nitrogens with two attached hydrogens (primary N) is 1. The number of primary amides is 1. The Kier molecular flexibility index (Phi) is 34.0. The van der Waals surface area contributed by atoms with Gasteiger partial charge in [0.2, 0.25) is 53.2 Å². The zero-order valence-electron chi connectivity index (χ0n) is 70.1. The normalized spacial score (nSPS) is 15.9. The zero-order chi connectivity index (χ0) is 88.2. The van der Waals surface area contributed by atoms with Crippen molar-refractivity contribution in [1.82, 2.24) is 31.9 Å². The summed E-state index contributed by atoms with van der Waals surface area (Å²) in [4.78, 5) is 130. The predicted molar refractivity (Wildman–Crippen MR) is 466 cm³/mol. The number of nitrogens with zero attached hydrogens (tertiary/aromatic N) is 4. The van der Waals surface area contributed by atoms with Gasteiger partial charge < -0.3 is 75.5 Å². The number of aryl methyl sites for hydroxylation is 3. The number of amides is 10. The average molecular weight is 1740 g/mol. The zero-order valence-corrected chi connectivity index (χ0v) is 71.7. The van der Waals surface area contributed by atoms with Gasteiger partial charge >= 0.3 is 0 Å². The maximum absolute atomic E-state index is 13.9. The molecular formula is C93H107F4N11O14S2. The molecule has 0 saturated carbocycles. The molecule has 31 heteroatoms. The highest BCUT2D eigenvalue weighted by Gasteiger charge is 2.40. The van der Waals surface area contributed by atoms with Crippen molar-refractivity contribution in [1.29, 1.82) is 0 Å². The van der Waals surface area contributed by atoms with Gasteiger partial charge in [0.05, 0.1) is 74.2 Å². The van der Waals surface area contributed by atoms with Gasteiger partial charge in [-0.3, -0.25) is 47.9 Å². The van der Waals surface area contributed by atoms with E-state index in [4.69, 9.17) is 24.0 Å². The summed E-state index contributed by atoms with van der Waals surface area (Å²) < 4.78 is 75.5. The Morgan fingerprint density at radius 1 is 0.548 bits per heavy atom. The van der Waals surface area contributed by atoms with E-state index in [2.05, 4.69) is 44.0 Å². The number of hydrogen-bond acceptors (Lipinski definition) is 17. The lowest BCUT2D eigenvalue weighted by molar-refractivity contribution is -0.134. The van der Waals surface area contributed by atoms with Crippen LogP contribution < -0.4 is 62.0 Å². The third kappa shape index (κ3) is 25.6. The highest BCUT2D eigenvalue weighted by molar-refractivity contribution is 7.10. The summed E-state index contributed by atoms with van der Waals surface area (Å²) >= 11 is 3.05. The molecule has 9 aromatic rings. The molecule has 6 aliphatic rings. The van der Waals surface area contributed by atoms with Gasteiger partial charge in [0.1, 0.15) is 34.8 Å². The Bertz CT molecular complexity index is 5130. The Balaban J connectivity index is 0.000000151. The minimum atomic E-state index is -0.693. The van der Waals surface area contributed by atoms with E-state index in [1.54, 1.807) is 53.9 Å². The van der Waals surface area contributed by atoms with Crippen LogP contribution in [0.2, 0.25) is 0 Å². The third-order valence-electron chi connectivity index (χ3n) is 22.5. The van der Waals surface area contributed by atoms with Crippen molar-refractivity contribution in [2.24, 2.45) is 11.1 Å². The molecule has 658 valence electrons. The first-order valence-electron chi connectivity index (χ1n) is 42.0. The van der Waals surface area contributed by atoms with E-state index in [9.17, 15) is 65.5 Å². The Morgan fingerprint density at radius 2 is 1.13 bits per heavy atom. The minimum absolute atomic E-state index is 0.00395. The van der Waals surface area contributed by atoms with Crippen LogP contribution in [0.15, 0.2) is 172 Å². The Hall–Kier alpha value is -12.0. The van der Waals surface area contributed by atoms with Crippen LogP contribution >= 0.6 is 22.7 Å². The number of rotatable bonds is 25. The summed E-state index contributed by atoms with van der Waals surface area (Å²) in [6.45, 7) is 9.19. The molecule has 8 N–H and O–H groups in total. The molecule has 1 saturated heterocycles. The predicted octanol–water partition coefficient (Wildman–Crippen LogP) is 13.8. The number of para-hydroxylation sites is 1. The summed E-state index contributed by atoms with van der Waals surface area (Å²) in [7, 11) is 1.65.